The molecule has 94 valence electrons. The van der Waals surface area contributed by atoms with Gasteiger partial charge in [0, 0.05) is 11.2 Å². The van der Waals surface area contributed by atoms with E-state index in [2.05, 4.69) is 19.9 Å². The molecule has 0 spiro atoms. The minimum absolute atomic E-state index is 0.150. The monoisotopic (exact) mass is 282 g/mol. The van der Waals surface area contributed by atoms with Gasteiger partial charge in [-0.05, 0) is 29.6 Å². The topological polar surface area (TPSA) is 67.8 Å². The summed E-state index contributed by atoms with van der Waals surface area (Å²) in [6, 6.07) is 3.23. The molecule has 0 bridgehead atoms. The second-order valence-electron chi connectivity index (χ2n) is 3.96. The number of rotatable bonds is 3. The van der Waals surface area contributed by atoms with Crippen molar-refractivity contribution in [1.29, 1.82) is 0 Å². The number of hydrogen-bond donors (Lipinski definition) is 1. The third-order valence-electron chi connectivity index (χ3n) is 2.23. The maximum atomic E-state index is 12.0. The lowest BCUT2D eigenvalue weighted by Crippen LogP contribution is -2.13. The molecule has 0 aliphatic carbocycles. The zero-order chi connectivity index (χ0) is 13.1. The molecule has 0 atom stereocenters. The molecule has 1 N–H and O–H groups in total. The van der Waals surface area contributed by atoms with E-state index >= 15 is 0 Å². The highest BCUT2D eigenvalue weighted by atomic mass is 35.5. The molecule has 2 aromatic rings. The molecule has 1 amide bonds. The van der Waals surface area contributed by atoms with Gasteiger partial charge in [-0.2, -0.15) is 0 Å². The fraction of sp³-hybridized carbons (Fsp3) is 0.273. The normalized spacial score (nSPS) is 10.7. The Labute approximate surface area is 113 Å². The molecule has 0 radical (unpaired) electrons. The Balaban J connectivity index is 2.20. The smallest absolute Gasteiger partial charge is 0.270 e. The number of halogens is 1. The van der Waals surface area contributed by atoms with Crippen LogP contribution < -0.4 is 5.32 Å². The second-order valence-corrected chi connectivity index (χ2v) is 5.15. The van der Waals surface area contributed by atoms with E-state index in [0.29, 0.717) is 21.4 Å². The quantitative estimate of drug-likeness (QED) is 0.940. The maximum absolute atomic E-state index is 12.0. The highest BCUT2D eigenvalue weighted by Gasteiger charge is 2.18. The Morgan fingerprint density at radius 3 is 2.94 bits per heavy atom. The summed E-state index contributed by atoms with van der Waals surface area (Å²) in [4.78, 5) is 16.6. The van der Waals surface area contributed by atoms with Crippen molar-refractivity contribution in [2.45, 2.75) is 19.8 Å². The SMILES string of the molecule is CC(C)c1nnsc1C(=O)Nc1cc(Cl)ccn1. The van der Waals surface area contributed by atoms with Gasteiger partial charge in [-0.25, -0.2) is 4.98 Å². The van der Waals surface area contributed by atoms with Crippen LogP contribution in [0.5, 0.6) is 0 Å². The molecule has 2 aromatic heterocycles. The number of nitrogens with one attached hydrogen (secondary N) is 1. The van der Waals surface area contributed by atoms with Crippen LogP contribution in [0.1, 0.15) is 35.1 Å². The van der Waals surface area contributed by atoms with Crippen LogP contribution in [0, 0.1) is 0 Å². The summed E-state index contributed by atoms with van der Waals surface area (Å²) in [6.45, 7) is 3.93. The molecule has 5 nitrogen and oxygen atoms in total. The van der Waals surface area contributed by atoms with E-state index in [-0.39, 0.29) is 11.8 Å². The summed E-state index contributed by atoms with van der Waals surface area (Å²) in [5.74, 6) is 0.302. The molecule has 2 heterocycles. The Morgan fingerprint density at radius 1 is 1.50 bits per heavy atom. The first kappa shape index (κ1) is 12.9. The van der Waals surface area contributed by atoms with Crippen LogP contribution in [0.2, 0.25) is 5.02 Å². The average molecular weight is 283 g/mol. The van der Waals surface area contributed by atoms with Gasteiger partial charge in [0.1, 0.15) is 10.7 Å². The lowest BCUT2D eigenvalue weighted by molar-refractivity contribution is 0.102. The van der Waals surface area contributed by atoms with Gasteiger partial charge in [0.05, 0.1) is 5.69 Å². The van der Waals surface area contributed by atoms with Crippen molar-refractivity contribution in [3.05, 3.63) is 33.9 Å². The van der Waals surface area contributed by atoms with Gasteiger partial charge >= 0.3 is 0 Å². The van der Waals surface area contributed by atoms with E-state index in [1.54, 1.807) is 12.1 Å². The summed E-state index contributed by atoms with van der Waals surface area (Å²) < 4.78 is 3.81. The first-order valence-electron chi connectivity index (χ1n) is 5.33. The van der Waals surface area contributed by atoms with Crippen LogP contribution in [0.3, 0.4) is 0 Å². The average Bonchev–Trinajstić information content (AvgIpc) is 2.77. The van der Waals surface area contributed by atoms with Crippen molar-refractivity contribution in [2.24, 2.45) is 0 Å². The molecule has 0 aromatic carbocycles. The number of carbonyl (C=O) groups excluding carboxylic acids is 1. The van der Waals surface area contributed by atoms with Crippen LogP contribution in [0.25, 0.3) is 0 Å². The Hall–Kier alpha value is -1.53. The molecule has 0 aliphatic rings. The lowest BCUT2D eigenvalue weighted by Gasteiger charge is -2.05. The first-order chi connectivity index (χ1) is 8.58. The van der Waals surface area contributed by atoms with Gasteiger partial charge in [-0.1, -0.05) is 29.9 Å². The van der Waals surface area contributed by atoms with Crippen molar-refractivity contribution in [3.63, 3.8) is 0 Å². The minimum Gasteiger partial charge on any atom is -0.306 e. The molecule has 2 rings (SSSR count). The number of aromatic nitrogens is 3. The molecule has 7 heteroatoms. The van der Waals surface area contributed by atoms with Gasteiger partial charge in [0.25, 0.3) is 5.91 Å². The number of carbonyl (C=O) groups is 1. The van der Waals surface area contributed by atoms with Crippen LogP contribution >= 0.6 is 23.1 Å². The van der Waals surface area contributed by atoms with Gasteiger partial charge in [0.15, 0.2) is 0 Å². The highest BCUT2D eigenvalue weighted by molar-refractivity contribution is 7.08. The van der Waals surface area contributed by atoms with Crippen molar-refractivity contribution >= 4 is 34.9 Å². The maximum Gasteiger partial charge on any atom is 0.270 e. The second kappa shape index (κ2) is 5.41. The fourth-order valence-corrected chi connectivity index (χ4v) is 2.25. The van der Waals surface area contributed by atoms with Crippen molar-refractivity contribution < 1.29 is 4.79 Å². The minimum atomic E-state index is -0.261. The molecule has 0 aliphatic heterocycles. The predicted octanol–water partition coefficient (Wildman–Crippen LogP) is 2.96. The molecule has 18 heavy (non-hydrogen) atoms. The van der Waals surface area contributed by atoms with E-state index in [0.717, 1.165) is 11.5 Å². The van der Waals surface area contributed by atoms with E-state index < -0.39 is 0 Å². The largest absolute Gasteiger partial charge is 0.306 e. The van der Waals surface area contributed by atoms with Crippen LogP contribution in [-0.4, -0.2) is 20.5 Å². The Kier molecular flexibility index (Phi) is 3.88. The van der Waals surface area contributed by atoms with Crippen LogP contribution in [0.15, 0.2) is 18.3 Å². The van der Waals surface area contributed by atoms with E-state index in [9.17, 15) is 4.79 Å². The summed E-state index contributed by atoms with van der Waals surface area (Å²) >= 11 is 6.90. The fourth-order valence-electron chi connectivity index (χ4n) is 1.38. The number of anilines is 1. The van der Waals surface area contributed by atoms with Gasteiger partial charge < -0.3 is 5.32 Å². The van der Waals surface area contributed by atoms with Crippen molar-refractivity contribution in [1.82, 2.24) is 14.6 Å². The third-order valence-corrected chi connectivity index (χ3v) is 3.21. The van der Waals surface area contributed by atoms with E-state index in [1.807, 2.05) is 13.8 Å². The molecule has 0 fully saturated rings. The Morgan fingerprint density at radius 2 is 2.28 bits per heavy atom. The number of hydrogen-bond acceptors (Lipinski definition) is 5. The van der Waals surface area contributed by atoms with E-state index in [1.165, 1.54) is 6.20 Å². The van der Waals surface area contributed by atoms with Gasteiger partial charge in [0.2, 0.25) is 0 Å². The summed E-state index contributed by atoms with van der Waals surface area (Å²) in [5.41, 5.74) is 0.694. The molecule has 0 saturated carbocycles. The van der Waals surface area contributed by atoms with Crippen molar-refractivity contribution in [3.8, 4) is 0 Å². The predicted molar refractivity (Wildman–Crippen MR) is 71.2 cm³/mol. The Bertz CT molecular complexity index is 570. The molecule has 0 unspecified atom stereocenters. The molecular weight excluding hydrogens is 272 g/mol. The van der Waals surface area contributed by atoms with E-state index in [4.69, 9.17) is 11.6 Å². The zero-order valence-electron chi connectivity index (χ0n) is 9.85. The summed E-state index contributed by atoms with van der Waals surface area (Å²) in [5, 5.41) is 7.15. The van der Waals surface area contributed by atoms with Gasteiger partial charge in [-0.15, -0.1) is 5.10 Å². The number of pyridine rings is 1. The lowest BCUT2D eigenvalue weighted by atomic mass is 10.1. The first-order valence-corrected chi connectivity index (χ1v) is 6.48. The number of nitrogens with zero attached hydrogens (tertiary/aromatic N) is 3. The van der Waals surface area contributed by atoms with Crippen molar-refractivity contribution in [2.75, 3.05) is 5.32 Å². The standard InChI is InChI=1S/C11H11ClN4OS/c1-6(2)9-10(18-16-15-9)11(17)14-8-5-7(12)3-4-13-8/h3-6H,1-2H3,(H,13,14,17). The third kappa shape index (κ3) is 2.83. The summed E-state index contributed by atoms with van der Waals surface area (Å²) in [7, 11) is 0. The van der Waals surface area contributed by atoms with Crippen LogP contribution in [-0.2, 0) is 0 Å². The highest BCUT2D eigenvalue weighted by Crippen LogP contribution is 2.21. The summed E-state index contributed by atoms with van der Waals surface area (Å²) in [6.07, 6.45) is 1.53. The molecule has 0 saturated heterocycles. The zero-order valence-corrected chi connectivity index (χ0v) is 11.4. The van der Waals surface area contributed by atoms with Crippen LogP contribution in [0.4, 0.5) is 5.82 Å². The molecular formula is C11H11ClN4OS. The van der Waals surface area contributed by atoms with Gasteiger partial charge in [-0.3, -0.25) is 4.79 Å². The number of amides is 1.